The standard InChI is InChI=1S/C18H19ClN6O3S/c1-28-16-3-2-14(10-15(16)19)29(26,27)25-8-6-23(7-9-25)17-11-18(22-12-21-17)24-5-4-20-13-24/h2-5,10-13H,6-9H2,1H3. The van der Waals surface area contributed by atoms with E-state index in [-0.39, 0.29) is 9.92 Å². The van der Waals surface area contributed by atoms with E-state index in [1.165, 1.54) is 29.9 Å². The molecule has 4 rings (SSSR count). The molecule has 0 bridgehead atoms. The first kappa shape index (κ1) is 19.6. The highest BCUT2D eigenvalue weighted by atomic mass is 35.5. The van der Waals surface area contributed by atoms with Gasteiger partial charge in [0.1, 0.15) is 30.0 Å². The first-order valence-electron chi connectivity index (χ1n) is 8.88. The van der Waals surface area contributed by atoms with Gasteiger partial charge in [0, 0.05) is 44.6 Å². The van der Waals surface area contributed by atoms with Gasteiger partial charge in [-0.3, -0.25) is 4.57 Å². The monoisotopic (exact) mass is 434 g/mol. The maximum absolute atomic E-state index is 13.0. The molecule has 0 atom stereocenters. The van der Waals surface area contributed by atoms with Crippen LogP contribution in [-0.2, 0) is 10.0 Å². The summed E-state index contributed by atoms with van der Waals surface area (Å²) >= 11 is 6.10. The van der Waals surface area contributed by atoms with Crippen molar-refractivity contribution in [1.29, 1.82) is 0 Å². The summed E-state index contributed by atoms with van der Waals surface area (Å²) in [5, 5.41) is 0.264. The number of halogens is 1. The van der Waals surface area contributed by atoms with Crippen LogP contribution in [0.3, 0.4) is 0 Å². The second kappa shape index (κ2) is 7.97. The van der Waals surface area contributed by atoms with Crippen LogP contribution in [0.25, 0.3) is 5.82 Å². The van der Waals surface area contributed by atoms with Crippen LogP contribution < -0.4 is 9.64 Å². The molecule has 0 spiro atoms. The molecule has 0 radical (unpaired) electrons. The molecule has 1 aliphatic heterocycles. The molecule has 3 heterocycles. The number of hydrogen-bond donors (Lipinski definition) is 0. The SMILES string of the molecule is COc1ccc(S(=O)(=O)N2CCN(c3cc(-n4ccnc4)ncn3)CC2)cc1Cl. The first-order valence-corrected chi connectivity index (χ1v) is 10.7. The zero-order chi connectivity index (χ0) is 20.4. The van der Waals surface area contributed by atoms with E-state index in [4.69, 9.17) is 16.3 Å². The second-order valence-electron chi connectivity index (χ2n) is 6.39. The van der Waals surface area contributed by atoms with Gasteiger partial charge in [0.25, 0.3) is 0 Å². The summed E-state index contributed by atoms with van der Waals surface area (Å²) < 4.78 is 34.3. The number of sulfonamides is 1. The van der Waals surface area contributed by atoms with E-state index in [9.17, 15) is 8.42 Å². The van der Waals surface area contributed by atoms with Gasteiger partial charge < -0.3 is 9.64 Å². The van der Waals surface area contributed by atoms with Gasteiger partial charge in [-0.2, -0.15) is 4.31 Å². The van der Waals surface area contributed by atoms with Crippen molar-refractivity contribution >= 4 is 27.4 Å². The molecule has 9 nitrogen and oxygen atoms in total. The maximum Gasteiger partial charge on any atom is 0.243 e. The second-order valence-corrected chi connectivity index (χ2v) is 8.74. The van der Waals surface area contributed by atoms with E-state index in [1.54, 1.807) is 29.4 Å². The molecule has 0 aliphatic carbocycles. The van der Waals surface area contributed by atoms with Crippen molar-refractivity contribution in [1.82, 2.24) is 23.8 Å². The summed E-state index contributed by atoms with van der Waals surface area (Å²) in [4.78, 5) is 14.8. The molecule has 1 aliphatic rings. The summed E-state index contributed by atoms with van der Waals surface area (Å²) in [6.45, 7) is 1.72. The fourth-order valence-corrected chi connectivity index (χ4v) is 4.93. The molecule has 29 heavy (non-hydrogen) atoms. The Kier molecular flexibility index (Phi) is 5.39. The van der Waals surface area contributed by atoms with Crippen LogP contribution in [0.2, 0.25) is 5.02 Å². The number of ether oxygens (including phenoxy) is 1. The average molecular weight is 435 g/mol. The molecule has 2 aromatic heterocycles. The summed E-state index contributed by atoms with van der Waals surface area (Å²) in [6, 6.07) is 6.34. The van der Waals surface area contributed by atoms with E-state index < -0.39 is 10.0 Å². The predicted octanol–water partition coefficient (Wildman–Crippen LogP) is 1.84. The number of anilines is 1. The van der Waals surface area contributed by atoms with Crippen molar-refractivity contribution in [3.05, 3.63) is 54.3 Å². The Balaban J connectivity index is 1.48. The van der Waals surface area contributed by atoms with Crippen LogP contribution in [0.5, 0.6) is 5.75 Å². The highest BCUT2D eigenvalue weighted by molar-refractivity contribution is 7.89. The van der Waals surface area contributed by atoms with E-state index in [0.717, 1.165) is 5.82 Å². The minimum Gasteiger partial charge on any atom is -0.495 e. The van der Waals surface area contributed by atoms with Crippen molar-refractivity contribution < 1.29 is 13.2 Å². The Morgan fingerprint density at radius 3 is 2.48 bits per heavy atom. The molecule has 1 fully saturated rings. The fraction of sp³-hybridized carbons (Fsp3) is 0.278. The fourth-order valence-electron chi connectivity index (χ4n) is 3.16. The molecule has 152 valence electrons. The molecule has 3 aromatic rings. The quantitative estimate of drug-likeness (QED) is 0.604. The molecular formula is C18H19ClN6O3S. The third-order valence-electron chi connectivity index (χ3n) is 4.73. The van der Waals surface area contributed by atoms with Crippen molar-refractivity contribution in [3.63, 3.8) is 0 Å². The molecular weight excluding hydrogens is 416 g/mol. The lowest BCUT2D eigenvalue weighted by molar-refractivity contribution is 0.383. The Hall–Kier alpha value is -2.69. The van der Waals surface area contributed by atoms with Crippen molar-refractivity contribution in [2.45, 2.75) is 4.90 Å². The van der Waals surface area contributed by atoms with E-state index in [0.29, 0.717) is 37.7 Å². The highest BCUT2D eigenvalue weighted by Crippen LogP contribution is 2.29. The lowest BCUT2D eigenvalue weighted by Gasteiger charge is -2.34. The summed E-state index contributed by atoms with van der Waals surface area (Å²) in [5.74, 6) is 1.89. The summed E-state index contributed by atoms with van der Waals surface area (Å²) in [6.07, 6.45) is 6.64. The zero-order valence-corrected chi connectivity index (χ0v) is 17.2. The average Bonchev–Trinajstić information content (AvgIpc) is 3.29. The largest absolute Gasteiger partial charge is 0.495 e. The van der Waals surface area contributed by atoms with E-state index in [2.05, 4.69) is 15.0 Å². The van der Waals surface area contributed by atoms with E-state index in [1.807, 2.05) is 11.0 Å². The van der Waals surface area contributed by atoms with Crippen molar-refractivity contribution in [3.8, 4) is 11.6 Å². The lowest BCUT2D eigenvalue weighted by atomic mass is 10.3. The lowest BCUT2D eigenvalue weighted by Crippen LogP contribution is -2.48. The normalized spacial score (nSPS) is 15.4. The first-order chi connectivity index (χ1) is 14.0. The molecule has 1 saturated heterocycles. The molecule has 0 amide bonds. The van der Waals surface area contributed by atoms with Gasteiger partial charge in [-0.05, 0) is 18.2 Å². The number of aromatic nitrogens is 4. The Morgan fingerprint density at radius 1 is 1.07 bits per heavy atom. The van der Waals surface area contributed by atoms with Gasteiger partial charge in [-0.25, -0.2) is 23.4 Å². The highest BCUT2D eigenvalue weighted by Gasteiger charge is 2.29. The van der Waals surface area contributed by atoms with Gasteiger partial charge in [0.2, 0.25) is 10.0 Å². The van der Waals surface area contributed by atoms with Gasteiger partial charge >= 0.3 is 0 Å². The number of hydrogen-bond acceptors (Lipinski definition) is 7. The number of rotatable bonds is 5. The molecule has 11 heteroatoms. The maximum atomic E-state index is 13.0. The summed E-state index contributed by atoms with van der Waals surface area (Å²) in [5.41, 5.74) is 0. The molecule has 0 unspecified atom stereocenters. The van der Waals surface area contributed by atoms with Crippen LogP contribution in [0, 0.1) is 0 Å². The summed E-state index contributed by atoms with van der Waals surface area (Å²) in [7, 11) is -2.15. The van der Waals surface area contributed by atoms with Crippen LogP contribution in [-0.4, -0.2) is 65.5 Å². The number of imidazole rings is 1. The van der Waals surface area contributed by atoms with Crippen molar-refractivity contribution in [2.24, 2.45) is 0 Å². The van der Waals surface area contributed by atoms with Gasteiger partial charge in [0.05, 0.1) is 17.0 Å². The van der Waals surface area contributed by atoms with E-state index >= 15 is 0 Å². The Labute approximate surface area is 173 Å². The van der Waals surface area contributed by atoms with Crippen LogP contribution in [0.1, 0.15) is 0 Å². The molecule has 0 N–H and O–H groups in total. The third-order valence-corrected chi connectivity index (χ3v) is 6.92. The number of benzene rings is 1. The number of methoxy groups -OCH3 is 1. The molecule has 0 saturated carbocycles. The number of piperazine rings is 1. The smallest absolute Gasteiger partial charge is 0.243 e. The Bertz CT molecular complexity index is 1100. The van der Waals surface area contributed by atoms with Gasteiger partial charge in [-0.15, -0.1) is 0 Å². The molecule has 1 aromatic carbocycles. The topological polar surface area (TPSA) is 93.5 Å². The van der Waals surface area contributed by atoms with Gasteiger partial charge in [0.15, 0.2) is 0 Å². The predicted molar refractivity (Wildman–Crippen MR) is 108 cm³/mol. The number of nitrogens with zero attached hydrogens (tertiary/aromatic N) is 6. The minimum atomic E-state index is -3.64. The van der Waals surface area contributed by atoms with Crippen molar-refractivity contribution in [2.75, 3.05) is 38.2 Å². The van der Waals surface area contributed by atoms with Crippen LogP contribution >= 0.6 is 11.6 Å². The van der Waals surface area contributed by atoms with Gasteiger partial charge in [-0.1, -0.05) is 11.6 Å². The Morgan fingerprint density at radius 2 is 1.83 bits per heavy atom. The minimum absolute atomic E-state index is 0.154. The zero-order valence-electron chi connectivity index (χ0n) is 15.6. The van der Waals surface area contributed by atoms with Crippen LogP contribution in [0.4, 0.5) is 5.82 Å². The van der Waals surface area contributed by atoms with Crippen LogP contribution in [0.15, 0.2) is 54.2 Å². The third kappa shape index (κ3) is 3.91.